The summed E-state index contributed by atoms with van der Waals surface area (Å²) in [5.74, 6) is 0.891. The minimum Gasteiger partial charge on any atom is -0.493 e. The SMILES string of the molecule is COc1ccc([C@H]2c3cccn3CCN2S(=O)(=O)c2ccc(NC(C)=O)cc2)cc1OC. The van der Waals surface area contributed by atoms with Gasteiger partial charge in [-0.25, -0.2) is 8.42 Å². The Morgan fingerprint density at radius 3 is 2.38 bits per heavy atom. The fourth-order valence-corrected chi connectivity index (χ4v) is 5.61. The maximum absolute atomic E-state index is 13.7. The van der Waals surface area contributed by atoms with Gasteiger partial charge in [-0.05, 0) is 54.1 Å². The molecule has 1 N–H and O–H groups in total. The molecule has 1 atom stereocenters. The number of nitrogens with one attached hydrogen (secondary N) is 1. The molecule has 8 nitrogen and oxygen atoms in total. The maximum atomic E-state index is 13.7. The Kier molecular flexibility index (Phi) is 5.94. The average Bonchev–Trinajstić information content (AvgIpc) is 3.27. The highest BCUT2D eigenvalue weighted by atomic mass is 32.2. The van der Waals surface area contributed by atoms with Crippen LogP contribution in [0.5, 0.6) is 11.5 Å². The largest absolute Gasteiger partial charge is 0.493 e. The molecule has 0 aliphatic carbocycles. The minimum absolute atomic E-state index is 0.164. The number of benzene rings is 2. The van der Waals surface area contributed by atoms with Crippen LogP contribution in [-0.4, -0.2) is 44.0 Å². The first-order valence-corrected chi connectivity index (χ1v) is 11.6. The minimum atomic E-state index is -3.83. The van der Waals surface area contributed by atoms with Crippen molar-refractivity contribution in [2.24, 2.45) is 0 Å². The summed E-state index contributed by atoms with van der Waals surface area (Å²) >= 11 is 0. The standard InChI is InChI=1S/C23H25N3O5S/c1-16(27)24-18-7-9-19(10-8-18)32(28,29)26-14-13-25-12-4-5-20(25)23(26)17-6-11-21(30-2)22(15-17)31-3/h4-12,15,23H,13-14H2,1-3H3,(H,24,27)/t23-/m0/s1. The molecule has 0 unspecified atom stereocenters. The molecule has 0 radical (unpaired) electrons. The van der Waals surface area contributed by atoms with Gasteiger partial charge in [-0.3, -0.25) is 4.79 Å². The van der Waals surface area contributed by atoms with Gasteiger partial charge in [0.2, 0.25) is 15.9 Å². The van der Waals surface area contributed by atoms with E-state index < -0.39 is 16.1 Å². The lowest BCUT2D eigenvalue weighted by molar-refractivity contribution is -0.114. The number of methoxy groups -OCH3 is 2. The van der Waals surface area contributed by atoms with Gasteiger partial charge in [0.25, 0.3) is 0 Å². The van der Waals surface area contributed by atoms with Crippen molar-refractivity contribution in [2.45, 2.75) is 24.4 Å². The second-order valence-electron chi connectivity index (χ2n) is 7.46. The summed E-state index contributed by atoms with van der Waals surface area (Å²) in [6, 6.07) is 15.0. The first-order chi connectivity index (χ1) is 15.3. The van der Waals surface area contributed by atoms with Crippen LogP contribution in [0.25, 0.3) is 0 Å². The van der Waals surface area contributed by atoms with E-state index in [1.165, 1.54) is 23.4 Å². The van der Waals surface area contributed by atoms with E-state index in [-0.39, 0.29) is 10.8 Å². The van der Waals surface area contributed by atoms with E-state index in [0.29, 0.717) is 30.3 Å². The smallest absolute Gasteiger partial charge is 0.244 e. The van der Waals surface area contributed by atoms with E-state index in [0.717, 1.165) is 11.3 Å². The lowest BCUT2D eigenvalue weighted by Crippen LogP contribution is -2.42. The van der Waals surface area contributed by atoms with E-state index in [1.54, 1.807) is 32.4 Å². The number of sulfonamides is 1. The van der Waals surface area contributed by atoms with Crippen molar-refractivity contribution in [2.75, 3.05) is 26.1 Å². The molecule has 0 fully saturated rings. The van der Waals surface area contributed by atoms with Crippen molar-refractivity contribution >= 4 is 21.6 Å². The molecule has 3 aromatic rings. The summed E-state index contributed by atoms with van der Waals surface area (Å²) in [6.07, 6.45) is 1.95. The fraction of sp³-hybridized carbons (Fsp3) is 0.261. The predicted octanol–water partition coefficient (Wildman–Crippen LogP) is 3.26. The molecule has 1 aromatic heterocycles. The molecular weight excluding hydrogens is 430 g/mol. The van der Waals surface area contributed by atoms with Crippen LogP contribution in [0.1, 0.15) is 24.2 Å². The van der Waals surface area contributed by atoms with Gasteiger partial charge in [0, 0.05) is 37.6 Å². The number of rotatable bonds is 6. The van der Waals surface area contributed by atoms with Crippen molar-refractivity contribution in [3.8, 4) is 11.5 Å². The third-order valence-corrected chi connectivity index (χ3v) is 7.38. The summed E-state index contributed by atoms with van der Waals surface area (Å²) in [6.45, 7) is 2.27. The van der Waals surface area contributed by atoms with E-state index in [4.69, 9.17) is 9.47 Å². The zero-order valence-corrected chi connectivity index (χ0v) is 18.9. The number of aromatic nitrogens is 1. The molecule has 0 spiro atoms. The third kappa shape index (κ3) is 3.96. The number of anilines is 1. The number of hydrogen-bond donors (Lipinski definition) is 1. The first-order valence-electron chi connectivity index (χ1n) is 10.1. The Morgan fingerprint density at radius 2 is 1.72 bits per heavy atom. The number of carbonyl (C=O) groups excluding carboxylic acids is 1. The van der Waals surface area contributed by atoms with Gasteiger partial charge in [0.15, 0.2) is 11.5 Å². The van der Waals surface area contributed by atoms with Crippen LogP contribution in [0, 0.1) is 0 Å². The summed E-state index contributed by atoms with van der Waals surface area (Å²) in [4.78, 5) is 11.4. The van der Waals surface area contributed by atoms with Crippen molar-refractivity contribution in [3.63, 3.8) is 0 Å². The van der Waals surface area contributed by atoms with Gasteiger partial charge < -0.3 is 19.4 Å². The van der Waals surface area contributed by atoms with Gasteiger partial charge in [0.1, 0.15) is 0 Å². The highest BCUT2D eigenvalue weighted by Crippen LogP contribution is 2.39. The van der Waals surface area contributed by atoms with Gasteiger partial charge in [0.05, 0.1) is 25.2 Å². The second kappa shape index (κ2) is 8.68. The Morgan fingerprint density at radius 1 is 1.00 bits per heavy atom. The normalized spacial score (nSPS) is 16.3. The number of fused-ring (bicyclic) bond motifs is 1. The molecule has 9 heteroatoms. The Balaban J connectivity index is 1.78. The molecule has 0 saturated carbocycles. The number of carbonyl (C=O) groups is 1. The number of amides is 1. The lowest BCUT2D eigenvalue weighted by atomic mass is 10.0. The Labute approximate surface area is 187 Å². The fourth-order valence-electron chi connectivity index (χ4n) is 4.03. The molecule has 1 aliphatic rings. The zero-order chi connectivity index (χ0) is 22.9. The molecule has 168 valence electrons. The summed E-state index contributed by atoms with van der Waals surface area (Å²) < 4.78 is 41.7. The molecule has 32 heavy (non-hydrogen) atoms. The number of nitrogens with zero attached hydrogens (tertiary/aromatic N) is 2. The highest BCUT2D eigenvalue weighted by Gasteiger charge is 2.38. The van der Waals surface area contributed by atoms with Crippen LogP contribution in [0.15, 0.2) is 65.7 Å². The molecule has 1 aliphatic heterocycles. The molecule has 4 rings (SSSR count). The topological polar surface area (TPSA) is 89.9 Å². The van der Waals surface area contributed by atoms with Crippen molar-refractivity contribution in [1.82, 2.24) is 8.87 Å². The molecular formula is C23H25N3O5S. The molecule has 1 amide bonds. The first kappa shape index (κ1) is 21.9. The van der Waals surface area contributed by atoms with Crippen molar-refractivity contribution < 1.29 is 22.7 Å². The number of hydrogen-bond acceptors (Lipinski definition) is 5. The van der Waals surface area contributed by atoms with Gasteiger partial charge in [-0.15, -0.1) is 0 Å². The van der Waals surface area contributed by atoms with Crippen LogP contribution in [0.4, 0.5) is 5.69 Å². The third-order valence-electron chi connectivity index (χ3n) is 5.50. The second-order valence-corrected chi connectivity index (χ2v) is 9.36. The van der Waals surface area contributed by atoms with Crippen LogP contribution in [0.2, 0.25) is 0 Å². The summed E-state index contributed by atoms with van der Waals surface area (Å²) in [5, 5.41) is 2.65. The monoisotopic (exact) mass is 455 g/mol. The van der Waals surface area contributed by atoms with Crippen molar-refractivity contribution in [3.05, 3.63) is 72.1 Å². The number of ether oxygens (including phenoxy) is 2. The predicted molar refractivity (Wildman–Crippen MR) is 120 cm³/mol. The summed E-state index contributed by atoms with van der Waals surface area (Å²) in [5.41, 5.74) is 2.20. The zero-order valence-electron chi connectivity index (χ0n) is 18.1. The van der Waals surface area contributed by atoms with E-state index in [1.807, 2.05) is 30.5 Å². The van der Waals surface area contributed by atoms with E-state index >= 15 is 0 Å². The van der Waals surface area contributed by atoms with Gasteiger partial charge >= 0.3 is 0 Å². The van der Waals surface area contributed by atoms with Crippen LogP contribution in [-0.2, 0) is 21.4 Å². The van der Waals surface area contributed by atoms with Gasteiger partial charge in [-0.2, -0.15) is 4.31 Å². The van der Waals surface area contributed by atoms with Crippen LogP contribution in [0.3, 0.4) is 0 Å². The van der Waals surface area contributed by atoms with Crippen LogP contribution < -0.4 is 14.8 Å². The molecule has 0 bridgehead atoms. The molecule has 2 aromatic carbocycles. The Hall–Kier alpha value is -3.30. The molecule has 0 saturated heterocycles. The lowest BCUT2D eigenvalue weighted by Gasteiger charge is -2.36. The maximum Gasteiger partial charge on any atom is 0.244 e. The highest BCUT2D eigenvalue weighted by molar-refractivity contribution is 7.89. The van der Waals surface area contributed by atoms with E-state index in [2.05, 4.69) is 9.88 Å². The quantitative estimate of drug-likeness (QED) is 0.616. The average molecular weight is 456 g/mol. The Bertz CT molecular complexity index is 1230. The molecule has 2 heterocycles. The van der Waals surface area contributed by atoms with Crippen molar-refractivity contribution in [1.29, 1.82) is 0 Å². The van der Waals surface area contributed by atoms with E-state index in [9.17, 15) is 13.2 Å². The summed E-state index contributed by atoms with van der Waals surface area (Å²) in [7, 11) is -0.713. The van der Waals surface area contributed by atoms with Crippen LogP contribution >= 0.6 is 0 Å². The van der Waals surface area contributed by atoms with Gasteiger partial charge in [-0.1, -0.05) is 6.07 Å².